The van der Waals surface area contributed by atoms with E-state index in [-0.39, 0.29) is 81.1 Å². The topological polar surface area (TPSA) is 146 Å². The predicted molar refractivity (Wildman–Crippen MR) is 170 cm³/mol. The maximum atomic E-state index is 13.5. The van der Waals surface area contributed by atoms with Crippen LogP contribution in [0.5, 0.6) is 0 Å². The second kappa shape index (κ2) is 15.3. The molecule has 2 aliphatic rings. The van der Waals surface area contributed by atoms with Crippen LogP contribution in [0.15, 0.2) is 69.9 Å². The van der Waals surface area contributed by atoms with Gasteiger partial charge in [0.15, 0.2) is 0 Å². The molecule has 2 amide bonds. The van der Waals surface area contributed by atoms with Gasteiger partial charge in [0.25, 0.3) is 5.91 Å². The van der Waals surface area contributed by atoms with Crippen molar-refractivity contribution in [3.8, 4) is 0 Å². The van der Waals surface area contributed by atoms with Gasteiger partial charge in [0.1, 0.15) is 0 Å². The van der Waals surface area contributed by atoms with Crippen molar-refractivity contribution in [1.82, 2.24) is 19.8 Å². The van der Waals surface area contributed by atoms with Gasteiger partial charge in [0, 0.05) is 34.4 Å². The largest absolute Gasteiger partial charge is 3.00 e. The summed E-state index contributed by atoms with van der Waals surface area (Å²) in [7, 11) is 6.48. The minimum absolute atomic E-state index is 0. The molecule has 0 saturated carbocycles. The number of ether oxygens (including phenoxy) is 2. The molecule has 0 radical (unpaired) electrons. The fourth-order valence-electron chi connectivity index (χ4n) is 4.55. The van der Waals surface area contributed by atoms with E-state index in [9.17, 15) is 19.2 Å². The normalized spacial score (nSPS) is 16.7. The van der Waals surface area contributed by atoms with Gasteiger partial charge in [0.05, 0.1) is 47.0 Å². The summed E-state index contributed by atoms with van der Waals surface area (Å²) in [5.74, 6) is -1.86. The van der Waals surface area contributed by atoms with Crippen molar-refractivity contribution in [3.63, 3.8) is 0 Å². The molecule has 2 aliphatic heterocycles. The number of hydrogen-bond donors (Lipinski definition) is 0. The number of esters is 2. The number of aliphatic imine (C=N–C) groups is 2. The Bertz CT molecular complexity index is 1850. The number of aromatic nitrogens is 2. The number of carbonyl (C=O) groups excluding carboxylic acids is 4. The van der Waals surface area contributed by atoms with Crippen molar-refractivity contribution in [2.45, 2.75) is 20.8 Å². The molecule has 0 bridgehead atoms. The maximum Gasteiger partial charge on any atom is 3.00 e. The van der Waals surface area contributed by atoms with E-state index in [1.807, 2.05) is 0 Å². The first kappa shape index (κ1) is 35.5. The van der Waals surface area contributed by atoms with Crippen LogP contribution in [-0.4, -0.2) is 86.9 Å². The van der Waals surface area contributed by atoms with Crippen molar-refractivity contribution >= 4 is 58.0 Å². The van der Waals surface area contributed by atoms with Gasteiger partial charge in [-0.2, -0.15) is 0 Å². The number of hydrogen-bond acceptors (Lipinski definition) is 8. The third-order valence-corrected chi connectivity index (χ3v) is 6.70. The number of allylic oxidation sites excluding steroid dienone is 4. The van der Waals surface area contributed by atoms with E-state index in [4.69, 9.17) is 9.47 Å². The van der Waals surface area contributed by atoms with E-state index in [1.165, 1.54) is 9.80 Å². The summed E-state index contributed by atoms with van der Waals surface area (Å²) in [6.07, 6.45) is 8.12. The second-order valence-corrected chi connectivity index (χ2v) is 10.3. The van der Waals surface area contributed by atoms with Gasteiger partial charge >= 0.3 is 29.0 Å². The van der Waals surface area contributed by atoms with Crippen molar-refractivity contribution in [2.75, 3.05) is 41.4 Å². The molecule has 238 valence electrons. The first-order valence-electron chi connectivity index (χ1n) is 14.2. The summed E-state index contributed by atoms with van der Waals surface area (Å²) in [4.78, 5) is 73.0. The third kappa shape index (κ3) is 7.44. The van der Waals surface area contributed by atoms with Gasteiger partial charge in [-0.1, -0.05) is 24.3 Å². The molecule has 0 atom stereocenters. The zero-order valence-electron chi connectivity index (χ0n) is 26.6. The van der Waals surface area contributed by atoms with Gasteiger partial charge in [-0.25, -0.2) is 14.6 Å². The second-order valence-electron chi connectivity index (χ2n) is 10.3. The Morgan fingerprint density at radius 3 is 1.87 bits per heavy atom. The van der Waals surface area contributed by atoms with Crippen LogP contribution < -0.4 is 20.7 Å². The summed E-state index contributed by atoms with van der Waals surface area (Å²) < 4.78 is 10.6. The number of likely N-dealkylation sites (N-methyl/N-ethyl adjacent to an activating group) is 1. The Hall–Kier alpha value is -5.00. The number of rotatable bonds is 9. The molecule has 4 heterocycles. The summed E-state index contributed by atoms with van der Waals surface area (Å²) in [6, 6.07) is 6.50. The molecule has 0 saturated heterocycles. The molecular formula is C33H34MnN6O6+. The summed E-state index contributed by atoms with van der Waals surface area (Å²) in [5, 5.41) is 0.679. The molecule has 4 rings (SSSR count). The average Bonchev–Trinajstić information content (AvgIpc) is 3.82. The maximum absolute atomic E-state index is 13.5. The Balaban J connectivity index is 0.00000576. The minimum atomic E-state index is -0.659. The molecule has 2 aromatic heterocycles. The van der Waals surface area contributed by atoms with Crippen LogP contribution >= 0.6 is 0 Å². The van der Waals surface area contributed by atoms with Crippen molar-refractivity contribution < 1.29 is 45.7 Å². The van der Waals surface area contributed by atoms with Crippen LogP contribution in [0.4, 0.5) is 0 Å². The van der Waals surface area contributed by atoms with E-state index in [1.54, 1.807) is 104 Å². The van der Waals surface area contributed by atoms with E-state index in [2.05, 4.69) is 20.0 Å². The van der Waals surface area contributed by atoms with Crippen LogP contribution in [0.25, 0.3) is 22.3 Å². The van der Waals surface area contributed by atoms with Gasteiger partial charge in [-0.15, -0.1) is 22.1 Å². The standard InChI is InChI=1S/C33H35N6O6.Mn/c1-8-44-32(42)28(21-11-10-18-34-21)24-16-14-22(36-24)27(31(41)39(6)7)23-15-17-26(37-23)29(33(43)45-9-2)25-13-12-20(35-25)19(3)30(40)38(4)5;/h10-18H,8-9H2,1-7H3,(H-,34,35,36,37,40,41,42,43);/q-1;+3/p-1. The summed E-state index contributed by atoms with van der Waals surface area (Å²) >= 11 is 0. The van der Waals surface area contributed by atoms with Gasteiger partial charge in [0.2, 0.25) is 5.91 Å². The van der Waals surface area contributed by atoms with E-state index >= 15 is 0 Å². The molecule has 13 heteroatoms. The zero-order chi connectivity index (χ0) is 32.8. The molecule has 46 heavy (non-hydrogen) atoms. The Morgan fingerprint density at radius 1 is 0.717 bits per heavy atom. The van der Waals surface area contributed by atoms with E-state index in [0.29, 0.717) is 16.6 Å². The first-order valence-corrected chi connectivity index (χ1v) is 14.2. The molecule has 0 unspecified atom stereocenters. The van der Waals surface area contributed by atoms with Crippen LogP contribution in [0.3, 0.4) is 0 Å². The first-order chi connectivity index (χ1) is 21.5. The molecular weight excluding hydrogens is 631 g/mol. The fourth-order valence-corrected chi connectivity index (χ4v) is 4.55. The van der Waals surface area contributed by atoms with Crippen LogP contribution in [-0.2, 0) is 45.7 Å². The molecule has 0 aromatic carbocycles. The van der Waals surface area contributed by atoms with Crippen LogP contribution in [0.2, 0.25) is 0 Å². The van der Waals surface area contributed by atoms with Gasteiger partial charge < -0.3 is 29.2 Å². The van der Waals surface area contributed by atoms with Gasteiger partial charge in [-0.3, -0.25) is 14.6 Å². The van der Waals surface area contributed by atoms with Crippen LogP contribution in [0, 0.1) is 0 Å². The minimum Gasteiger partial charge on any atom is -0.657 e. The van der Waals surface area contributed by atoms with Crippen molar-refractivity contribution in [2.24, 2.45) is 9.98 Å². The zero-order valence-corrected chi connectivity index (χ0v) is 27.8. The Kier molecular flexibility index (Phi) is 11.8. The molecule has 12 nitrogen and oxygen atoms in total. The smallest absolute Gasteiger partial charge is 0.657 e. The molecule has 0 fully saturated rings. The number of nitrogens with zero attached hydrogens (tertiary/aromatic N) is 6. The van der Waals surface area contributed by atoms with E-state index < -0.39 is 17.8 Å². The van der Waals surface area contributed by atoms with E-state index in [0.717, 1.165) is 0 Å². The Labute approximate surface area is 277 Å². The summed E-state index contributed by atoms with van der Waals surface area (Å²) in [5.41, 5.74) is 2.20. The fraction of sp³-hybridized carbons (Fsp3) is 0.273. The molecule has 0 spiro atoms. The number of amides is 2. The SMILES string of the molecule is CCOC(=O)/C(=C1\C=CC=N1)c1ccc(/C(C(=O)N(C)C)=C2/C=CC(C(/C(=O)OCC)=c3/cc/c(=C(/C)C(=O)N(C)C)[n-]3)=N2)[n-]1.[Mn+3]. The third-order valence-electron chi connectivity index (χ3n) is 6.70. The Morgan fingerprint density at radius 2 is 1.30 bits per heavy atom. The molecule has 2 aromatic rings. The number of carbonyl (C=O) groups is 4. The molecule has 0 aliphatic carbocycles. The molecule has 0 N–H and O–H groups in total. The monoisotopic (exact) mass is 665 g/mol. The predicted octanol–water partition coefficient (Wildman–Crippen LogP) is 0.996. The summed E-state index contributed by atoms with van der Waals surface area (Å²) in [6.45, 7) is 5.32. The van der Waals surface area contributed by atoms with Gasteiger partial charge in [-0.05, 0) is 50.6 Å². The quantitative estimate of drug-likeness (QED) is 0.219. The van der Waals surface area contributed by atoms with Crippen LogP contribution in [0.1, 0.15) is 32.2 Å². The van der Waals surface area contributed by atoms with Crippen molar-refractivity contribution in [3.05, 3.63) is 82.0 Å². The average molecular weight is 666 g/mol. The van der Waals surface area contributed by atoms with Crippen molar-refractivity contribution in [1.29, 1.82) is 0 Å².